The lowest BCUT2D eigenvalue weighted by molar-refractivity contribution is -0.359. The van der Waals surface area contributed by atoms with Gasteiger partial charge in [0.2, 0.25) is 5.91 Å². The van der Waals surface area contributed by atoms with Crippen LogP contribution in [0.4, 0.5) is 0 Å². The van der Waals surface area contributed by atoms with Gasteiger partial charge in [0.15, 0.2) is 12.6 Å². The zero-order valence-electron chi connectivity index (χ0n) is 43.8. The lowest BCUT2D eigenvalue weighted by Gasteiger charge is -2.46. The number of aliphatic hydroxyl groups is 8. The van der Waals surface area contributed by atoms with Gasteiger partial charge in [-0.2, -0.15) is 0 Å². The zero-order chi connectivity index (χ0) is 51.0. The van der Waals surface area contributed by atoms with Gasteiger partial charge in [-0.05, 0) is 51.4 Å². The largest absolute Gasteiger partial charge is 0.394 e. The number of rotatable bonds is 44. The van der Waals surface area contributed by atoms with Crippen molar-refractivity contribution in [3.8, 4) is 0 Å². The topological polar surface area (TPSA) is 228 Å². The summed E-state index contributed by atoms with van der Waals surface area (Å²) in [6.07, 6.45) is 34.3. The molecule has 14 nitrogen and oxygen atoms in total. The van der Waals surface area contributed by atoms with Crippen LogP contribution in [-0.4, -0.2) is 140 Å². The van der Waals surface area contributed by atoms with Gasteiger partial charge in [0.05, 0.1) is 32.0 Å². The Hall–Kier alpha value is -1.79. The highest BCUT2D eigenvalue weighted by molar-refractivity contribution is 5.76. The Morgan fingerprint density at radius 2 is 0.943 bits per heavy atom. The lowest BCUT2D eigenvalue weighted by Crippen LogP contribution is -2.65. The molecule has 0 aromatic carbocycles. The number of carbonyl (C=O) groups excluding carboxylic acids is 1. The van der Waals surface area contributed by atoms with E-state index in [1.54, 1.807) is 0 Å². The molecule has 2 aliphatic heterocycles. The average molecular weight is 998 g/mol. The first-order valence-electron chi connectivity index (χ1n) is 28.2. The molecule has 0 aromatic heterocycles. The van der Waals surface area contributed by atoms with Crippen molar-refractivity contribution in [3.63, 3.8) is 0 Å². The van der Waals surface area contributed by atoms with Crippen LogP contribution < -0.4 is 5.32 Å². The molecule has 2 heterocycles. The Balaban J connectivity index is 1.50. The number of nitrogens with one attached hydrogen (secondary N) is 1. The van der Waals surface area contributed by atoms with Crippen LogP contribution in [0.15, 0.2) is 36.5 Å². The van der Waals surface area contributed by atoms with Crippen molar-refractivity contribution in [1.29, 1.82) is 0 Å². The van der Waals surface area contributed by atoms with Gasteiger partial charge in [-0.25, -0.2) is 0 Å². The molecule has 2 aliphatic rings. The van der Waals surface area contributed by atoms with Crippen LogP contribution in [0.5, 0.6) is 0 Å². The second-order valence-electron chi connectivity index (χ2n) is 20.1. The van der Waals surface area contributed by atoms with Crippen molar-refractivity contribution in [2.45, 2.75) is 293 Å². The molecule has 70 heavy (non-hydrogen) atoms. The minimum absolute atomic E-state index is 0.217. The van der Waals surface area contributed by atoms with E-state index in [-0.39, 0.29) is 12.5 Å². The van der Waals surface area contributed by atoms with Crippen molar-refractivity contribution in [2.75, 3.05) is 19.8 Å². The van der Waals surface area contributed by atoms with Gasteiger partial charge in [-0.3, -0.25) is 4.79 Å². The summed E-state index contributed by atoms with van der Waals surface area (Å²) in [7, 11) is 0. The molecule has 9 N–H and O–H groups in total. The smallest absolute Gasteiger partial charge is 0.220 e. The number of hydrogen-bond acceptors (Lipinski definition) is 13. The highest BCUT2D eigenvalue weighted by Gasteiger charge is 2.51. The van der Waals surface area contributed by atoms with Crippen LogP contribution >= 0.6 is 0 Å². The molecule has 0 spiro atoms. The third-order valence-electron chi connectivity index (χ3n) is 13.9. The van der Waals surface area contributed by atoms with Crippen molar-refractivity contribution >= 4 is 5.91 Å². The first kappa shape index (κ1) is 64.3. The van der Waals surface area contributed by atoms with Crippen LogP contribution in [0.1, 0.15) is 219 Å². The predicted molar refractivity (Wildman–Crippen MR) is 277 cm³/mol. The van der Waals surface area contributed by atoms with E-state index in [0.29, 0.717) is 12.8 Å². The number of unbranched alkanes of at least 4 members (excludes halogenated alkanes) is 25. The van der Waals surface area contributed by atoms with Crippen LogP contribution in [0.3, 0.4) is 0 Å². The number of allylic oxidation sites excluding steroid dienone is 6. The molecule has 2 fully saturated rings. The Bertz CT molecular complexity index is 1320. The maximum Gasteiger partial charge on any atom is 0.220 e. The molecule has 0 saturated carbocycles. The normalized spacial score (nSPS) is 26.2. The fourth-order valence-corrected chi connectivity index (χ4v) is 9.24. The zero-order valence-corrected chi connectivity index (χ0v) is 43.8. The quantitative estimate of drug-likeness (QED) is 0.0206. The molecule has 0 aromatic rings. The third-order valence-corrected chi connectivity index (χ3v) is 13.9. The summed E-state index contributed by atoms with van der Waals surface area (Å²) in [6, 6.07) is -0.822. The first-order chi connectivity index (χ1) is 34.1. The van der Waals surface area contributed by atoms with Gasteiger partial charge < -0.3 is 65.1 Å². The first-order valence-corrected chi connectivity index (χ1v) is 28.2. The van der Waals surface area contributed by atoms with E-state index in [9.17, 15) is 45.6 Å². The predicted octanol–water partition coefficient (Wildman–Crippen LogP) is 8.66. The van der Waals surface area contributed by atoms with Gasteiger partial charge >= 0.3 is 0 Å². The number of amides is 1. The molecule has 2 rings (SSSR count). The van der Waals surface area contributed by atoms with E-state index in [4.69, 9.17) is 18.9 Å². The minimum atomic E-state index is -1.78. The Morgan fingerprint density at radius 3 is 1.44 bits per heavy atom. The van der Waals surface area contributed by atoms with E-state index >= 15 is 0 Å². The lowest BCUT2D eigenvalue weighted by atomic mass is 9.97. The summed E-state index contributed by atoms with van der Waals surface area (Å²) in [6.45, 7) is 2.66. The van der Waals surface area contributed by atoms with Gasteiger partial charge in [0.25, 0.3) is 0 Å². The van der Waals surface area contributed by atoms with Gasteiger partial charge in [0.1, 0.15) is 48.8 Å². The van der Waals surface area contributed by atoms with Crippen molar-refractivity contribution in [3.05, 3.63) is 36.5 Å². The van der Waals surface area contributed by atoms with Gasteiger partial charge in [0, 0.05) is 6.42 Å². The van der Waals surface area contributed by atoms with E-state index < -0.39 is 86.8 Å². The average Bonchev–Trinajstić information content (AvgIpc) is 3.36. The molecule has 2 saturated heterocycles. The molecule has 0 radical (unpaired) electrons. The monoisotopic (exact) mass is 998 g/mol. The SMILES string of the molecule is CCCCCCC/C=C\C/C=C\C/C=C\CCCCCCCCCCCCCCCCCCCCC(=O)NC(COC1OC(CO)C(OC2OC(CO)C(O)C(O)C2O)C(O)C1O)C(O)CCCCC. The van der Waals surface area contributed by atoms with Crippen molar-refractivity contribution < 1.29 is 64.6 Å². The van der Waals surface area contributed by atoms with Crippen molar-refractivity contribution in [2.24, 2.45) is 0 Å². The Kier molecular flexibility index (Phi) is 39.1. The molecule has 12 unspecified atom stereocenters. The second-order valence-corrected chi connectivity index (χ2v) is 20.1. The van der Waals surface area contributed by atoms with Crippen LogP contribution in [0.2, 0.25) is 0 Å². The van der Waals surface area contributed by atoms with Gasteiger partial charge in [-0.1, -0.05) is 198 Å². The summed E-state index contributed by atoms with van der Waals surface area (Å²) >= 11 is 0. The maximum absolute atomic E-state index is 13.0. The molecule has 410 valence electrons. The highest BCUT2D eigenvalue weighted by Crippen LogP contribution is 2.30. The summed E-state index contributed by atoms with van der Waals surface area (Å²) in [4.78, 5) is 13.0. The highest BCUT2D eigenvalue weighted by atomic mass is 16.7. The molecule has 1 amide bonds. The summed E-state index contributed by atoms with van der Waals surface area (Å²) < 4.78 is 22.5. The summed E-state index contributed by atoms with van der Waals surface area (Å²) in [5, 5.41) is 86.1. The molecule has 0 bridgehead atoms. The molecule has 0 aliphatic carbocycles. The van der Waals surface area contributed by atoms with Crippen LogP contribution in [-0.2, 0) is 23.7 Å². The second kappa shape index (κ2) is 42.6. The van der Waals surface area contributed by atoms with E-state index in [0.717, 1.165) is 57.8 Å². The number of carbonyl (C=O) groups is 1. The molecular formula is C56H103NO13. The Morgan fingerprint density at radius 1 is 0.514 bits per heavy atom. The standard InChI is InChI=1S/C56H103NO13/c1-3-5-7-8-9-10-11-12-13-14-15-16-17-18-19-20-21-22-23-24-25-26-27-28-29-30-31-32-33-34-35-36-38-40-48(61)57-44(45(60)39-37-6-4-2)43-67-55-53(66)51(64)54(47(42-59)69-55)70-56-52(65)50(63)49(62)46(41-58)68-56/h11-12,14-15,17-18,44-47,49-56,58-60,62-66H,3-10,13,16,19-43H2,1-2H3,(H,57,61)/b12-11-,15-14-,18-17-. The van der Waals surface area contributed by atoms with E-state index in [2.05, 4.69) is 55.6 Å². The number of ether oxygens (including phenoxy) is 4. The minimum Gasteiger partial charge on any atom is -0.394 e. The molecular weight excluding hydrogens is 895 g/mol. The number of hydrogen-bond donors (Lipinski definition) is 9. The third kappa shape index (κ3) is 28.6. The maximum atomic E-state index is 13.0. The number of aliphatic hydroxyl groups excluding tert-OH is 8. The van der Waals surface area contributed by atoms with E-state index in [1.165, 1.54) is 135 Å². The Labute approximate surface area is 423 Å². The summed E-state index contributed by atoms with van der Waals surface area (Å²) in [5.41, 5.74) is 0. The molecule has 12 atom stereocenters. The van der Waals surface area contributed by atoms with Crippen molar-refractivity contribution in [1.82, 2.24) is 5.32 Å². The van der Waals surface area contributed by atoms with Crippen LogP contribution in [0.25, 0.3) is 0 Å². The van der Waals surface area contributed by atoms with Crippen LogP contribution in [0, 0.1) is 0 Å². The van der Waals surface area contributed by atoms with Gasteiger partial charge in [-0.15, -0.1) is 0 Å². The van der Waals surface area contributed by atoms with E-state index in [1.807, 2.05) is 0 Å². The fraction of sp³-hybridized carbons (Fsp3) is 0.875. The summed E-state index contributed by atoms with van der Waals surface area (Å²) in [5.74, 6) is -0.217. The fourth-order valence-electron chi connectivity index (χ4n) is 9.24. The molecule has 14 heteroatoms.